The van der Waals surface area contributed by atoms with E-state index in [0.29, 0.717) is 6.04 Å². The summed E-state index contributed by atoms with van der Waals surface area (Å²) in [7, 11) is 1.90. The lowest BCUT2D eigenvalue weighted by Gasteiger charge is -2.39. The Labute approximate surface area is 154 Å². The average molecular weight is 348 g/mol. The monoisotopic (exact) mass is 348 g/mol. The van der Waals surface area contributed by atoms with Crippen LogP contribution in [0.15, 0.2) is 60.7 Å². The number of hydrogen-bond donors (Lipinski definition) is 0. The Hall–Kier alpha value is -2.57. The number of nitrogens with zero attached hydrogens (tertiary/aromatic N) is 6. The molecule has 0 atom stereocenters. The fourth-order valence-electron chi connectivity index (χ4n) is 3.65. The van der Waals surface area contributed by atoms with Crippen LogP contribution in [-0.2, 0) is 13.6 Å². The molecule has 0 spiro atoms. The van der Waals surface area contributed by atoms with E-state index in [4.69, 9.17) is 0 Å². The van der Waals surface area contributed by atoms with E-state index < -0.39 is 0 Å². The SMILES string of the molecule is Cn1nnnc1CN1CCN(C(c2ccccc2)c2ccccc2)CC1. The van der Waals surface area contributed by atoms with E-state index in [1.165, 1.54) is 11.1 Å². The molecular weight excluding hydrogens is 324 g/mol. The molecule has 0 saturated carbocycles. The van der Waals surface area contributed by atoms with Crippen molar-refractivity contribution in [2.45, 2.75) is 12.6 Å². The van der Waals surface area contributed by atoms with Crippen LogP contribution in [0.3, 0.4) is 0 Å². The normalized spacial score (nSPS) is 16.2. The van der Waals surface area contributed by atoms with Crippen LogP contribution in [0.2, 0.25) is 0 Å². The molecule has 0 aliphatic carbocycles. The molecule has 0 amide bonds. The minimum Gasteiger partial charge on any atom is -0.293 e. The van der Waals surface area contributed by atoms with E-state index in [1.54, 1.807) is 4.68 Å². The van der Waals surface area contributed by atoms with E-state index >= 15 is 0 Å². The maximum absolute atomic E-state index is 4.11. The Kier molecular flexibility index (Phi) is 5.04. The van der Waals surface area contributed by atoms with Crippen LogP contribution in [0, 0.1) is 0 Å². The smallest absolute Gasteiger partial charge is 0.164 e. The van der Waals surface area contributed by atoms with Crippen molar-refractivity contribution < 1.29 is 0 Å². The van der Waals surface area contributed by atoms with Crippen molar-refractivity contribution in [2.75, 3.05) is 26.2 Å². The highest BCUT2D eigenvalue weighted by Crippen LogP contribution is 2.29. The van der Waals surface area contributed by atoms with Crippen LogP contribution < -0.4 is 0 Å². The molecule has 3 aromatic rings. The van der Waals surface area contributed by atoms with E-state index in [-0.39, 0.29) is 0 Å². The maximum Gasteiger partial charge on any atom is 0.164 e. The van der Waals surface area contributed by atoms with Gasteiger partial charge in [-0.25, -0.2) is 4.68 Å². The summed E-state index contributed by atoms with van der Waals surface area (Å²) in [6.07, 6.45) is 0. The minimum absolute atomic E-state index is 0.302. The largest absolute Gasteiger partial charge is 0.293 e. The van der Waals surface area contributed by atoms with Crippen molar-refractivity contribution in [3.63, 3.8) is 0 Å². The molecule has 1 fully saturated rings. The van der Waals surface area contributed by atoms with Crippen molar-refractivity contribution in [1.29, 1.82) is 0 Å². The highest BCUT2D eigenvalue weighted by atomic mass is 15.5. The molecule has 6 nitrogen and oxygen atoms in total. The van der Waals surface area contributed by atoms with Crippen molar-refractivity contribution in [3.8, 4) is 0 Å². The summed E-state index contributed by atoms with van der Waals surface area (Å²) >= 11 is 0. The van der Waals surface area contributed by atoms with Crippen LogP contribution in [0.25, 0.3) is 0 Å². The second kappa shape index (κ2) is 7.76. The minimum atomic E-state index is 0.302. The number of aromatic nitrogens is 4. The van der Waals surface area contributed by atoms with Gasteiger partial charge in [0.15, 0.2) is 5.82 Å². The Bertz CT molecular complexity index is 769. The molecule has 0 radical (unpaired) electrons. The zero-order valence-electron chi connectivity index (χ0n) is 15.1. The summed E-state index contributed by atoms with van der Waals surface area (Å²) in [5.41, 5.74) is 2.70. The van der Waals surface area contributed by atoms with Gasteiger partial charge in [0.2, 0.25) is 0 Å². The predicted octanol–water partition coefficient (Wildman–Crippen LogP) is 2.12. The third-order valence-corrected chi connectivity index (χ3v) is 5.08. The Morgan fingerprint density at radius 2 is 1.42 bits per heavy atom. The van der Waals surface area contributed by atoms with Gasteiger partial charge in [0, 0.05) is 33.2 Å². The predicted molar refractivity (Wildman–Crippen MR) is 100 cm³/mol. The summed E-state index contributed by atoms with van der Waals surface area (Å²) in [4.78, 5) is 5.01. The zero-order chi connectivity index (χ0) is 17.8. The van der Waals surface area contributed by atoms with Crippen molar-refractivity contribution in [2.24, 2.45) is 7.05 Å². The van der Waals surface area contributed by atoms with Gasteiger partial charge in [-0.2, -0.15) is 0 Å². The standard InChI is InChI=1S/C20H24N6/c1-24-19(21-22-23-24)16-25-12-14-26(15-13-25)20(17-8-4-2-5-9-17)18-10-6-3-7-11-18/h2-11,20H,12-16H2,1H3. The molecule has 26 heavy (non-hydrogen) atoms. The molecule has 6 heteroatoms. The summed E-state index contributed by atoms with van der Waals surface area (Å²) in [6.45, 7) is 4.89. The second-order valence-electron chi connectivity index (χ2n) is 6.75. The first-order valence-corrected chi connectivity index (χ1v) is 9.09. The Morgan fingerprint density at radius 1 is 0.846 bits per heavy atom. The zero-order valence-corrected chi connectivity index (χ0v) is 15.1. The van der Waals surface area contributed by atoms with E-state index in [0.717, 1.165) is 38.5 Å². The highest BCUT2D eigenvalue weighted by molar-refractivity contribution is 5.31. The van der Waals surface area contributed by atoms with Gasteiger partial charge in [-0.15, -0.1) is 5.10 Å². The molecule has 2 heterocycles. The lowest BCUT2D eigenvalue weighted by atomic mass is 9.96. The van der Waals surface area contributed by atoms with E-state index in [2.05, 4.69) is 86.0 Å². The van der Waals surface area contributed by atoms with Gasteiger partial charge in [0.25, 0.3) is 0 Å². The Balaban J connectivity index is 1.49. The van der Waals surface area contributed by atoms with Gasteiger partial charge >= 0.3 is 0 Å². The number of aryl methyl sites for hydroxylation is 1. The molecular formula is C20H24N6. The van der Waals surface area contributed by atoms with Crippen LogP contribution >= 0.6 is 0 Å². The fourth-order valence-corrected chi connectivity index (χ4v) is 3.65. The van der Waals surface area contributed by atoms with Crippen molar-refractivity contribution in [1.82, 2.24) is 30.0 Å². The first-order chi connectivity index (χ1) is 12.8. The highest BCUT2D eigenvalue weighted by Gasteiger charge is 2.26. The fraction of sp³-hybridized carbons (Fsp3) is 0.350. The number of tetrazole rings is 1. The molecule has 4 rings (SSSR count). The molecule has 1 aliphatic rings. The molecule has 1 aromatic heterocycles. The van der Waals surface area contributed by atoms with Gasteiger partial charge in [0.05, 0.1) is 12.6 Å². The van der Waals surface area contributed by atoms with Crippen molar-refractivity contribution >= 4 is 0 Å². The topological polar surface area (TPSA) is 50.1 Å². The molecule has 1 aliphatic heterocycles. The third-order valence-electron chi connectivity index (χ3n) is 5.08. The first-order valence-electron chi connectivity index (χ1n) is 9.09. The lowest BCUT2D eigenvalue weighted by Crippen LogP contribution is -2.47. The van der Waals surface area contributed by atoms with Crippen LogP contribution in [0.1, 0.15) is 23.0 Å². The number of benzene rings is 2. The van der Waals surface area contributed by atoms with Gasteiger partial charge in [-0.1, -0.05) is 60.7 Å². The van der Waals surface area contributed by atoms with E-state index in [9.17, 15) is 0 Å². The van der Waals surface area contributed by atoms with E-state index in [1.807, 2.05) is 7.05 Å². The van der Waals surface area contributed by atoms with Gasteiger partial charge in [-0.05, 0) is 21.6 Å². The second-order valence-corrected chi connectivity index (χ2v) is 6.75. The summed E-state index contributed by atoms with van der Waals surface area (Å²) < 4.78 is 1.75. The van der Waals surface area contributed by atoms with Crippen LogP contribution in [-0.4, -0.2) is 56.2 Å². The summed E-state index contributed by atoms with van der Waals surface area (Å²) in [5.74, 6) is 0.918. The van der Waals surface area contributed by atoms with Gasteiger partial charge in [0.1, 0.15) is 0 Å². The molecule has 2 aromatic carbocycles. The molecule has 1 saturated heterocycles. The number of piperazine rings is 1. The van der Waals surface area contributed by atoms with Crippen LogP contribution in [0.4, 0.5) is 0 Å². The number of hydrogen-bond acceptors (Lipinski definition) is 5. The molecule has 0 unspecified atom stereocenters. The maximum atomic E-state index is 4.11. The summed E-state index contributed by atoms with van der Waals surface area (Å²) in [5, 5.41) is 11.8. The number of rotatable bonds is 5. The molecule has 0 N–H and O–H groups in total. The molecule has 134 valence electrons. The van der Waals surface area contributed by atoms with Gasteiger partial charge in [-0.3, -0.25) is 9.80 Å². The lowest BCUT2D eigenvalue weighted by molar-refractivity contribution is 0.102. The third kappa shape index (κ3) is 3.66. The van der Waals surface area contributed by atoms with Crippen LogP contribution in [0.5, 0.6) is 0 Å². The Morgan fingerprint density at radius 3 is 1.92 bits per heavy atom. The van der Waals surface area contributed by atoms with Crippen molar-refractivity contribution in [3.05, 3.63) is 77.6 Å². The first kappa shape index (κ1) is 16.9. The average Bonchev–Trinajstić information content (AvgIpc) is 3.10. The quantitative estimate of drug-likeness (QED) is 0.707. The van der Waals surface area contributed by atoms with Gasteiger partial charge < -0.3 is 0 Å². The molecule has 0 bridgehead atoms. The summed E-state index contributed by atoms with van der Waals surface area (Å²) in [6, 6.07) is 21.9.